The van der Waals surface area contributed by atoms with Gasteiger partial charge in [0.15, 0.2) is 0 Å². The fraction of sp³-hybridized carbons (Fsp3) is 0.722. The molecule has 25 heavy (non-hydrogen) atoms. The van der Waals surface area contributed by atoms with Crippen molar-refractivity contribution in [2.45, 2.75) is 32.6 Å². The SMILES string of the molecule is CCNc1nccc(N2CCN(CC(=O)N3CCCCCC3)CC2)n1. The molecule has 0 unspecified atom stereocenters. The number of piperazine rings is 1. The summed E-state index contributed by atoms with van der Waals surface area (Å²) >= 11 is 0. The Balaban J connectivity index is 1.48. The first-order valence-corrected chi connectivity index (χ1v) is 9.58. The molecule has 3 heterocycles. The van der Waals surface area contributed by atoms with Crippen LogP contribution in [0.1, 0.15) is 32.6 Å². The van der Waals surface area contributed by atoms with Crippen molar-refractivity contribution in [2.75, 3.05) is 62.6 Å². The Morgan fingerprint density at radius 2 is 1.80 bits per heavy atom. The molecule has 0 saturated carbocycles. The average molecular weight is 346 g/mol. The molecule has 0 aromatic carbocycles. The molecule has 2 aliphatic heterocycles. The Kier molecular flexibility index (Phi) is 6.44. The van der Waals surface area contributed by atoms with E-state index >= 15 is 0 Å². The number of carbonyl (C=O) groups excluding carboxylic acids is 1. The Hall–Kier alpha value is -1.89. The highest BCUT2D eigenvalue weighted by Crippen LogP contribution is 2.15. The number of anilines is 2. The number of hydrogen-bond acceptors (Lipinski definition) is 6. The summed E-state index contributed by atoms with van der Waals surface area (Å²) in [5.41, 5.74) is 0. The molecule has 138 valence electrons. The summed E-state index contributed by atoms with van der Waals surface area (Å²) in [6, 6.07) is 1.96. The molecule has 0 atom stereocenters. The summed E-state index contributed by atoms with van der Waals surface area (Å²) in [7, 11) is 0. The lowest BCUT2D eigenvalue weighted by Crippen LogP contribution is -2.50. The van der Waals surface area contributed by atoms with E-state index in [0.717, 1.165) is 64.5 Å². The van der Waals surface area contributed by atoms with Crippen LogP contribution in [0.25, 0.3) is 0 Å². The van der Waals surface area contributed by atoms with Crippen molar-refractivity contribution in [3.05, 3.63) is 12.3 Å². The van der Waals surface area contributed by atoms with Crippen molar-refractivity contribution in [2.24, 2.45) is 0 Å². The fourth-order valence-corrected chi connectivity index (χ4v) is 3.52. The molecule has 0 bridgehead atoms. The van der Waals surface area contributed by atoms with Crippen molar-refractivity contribution in [1.82, 2.24) is 19.8 Å². The zero-order valence-electron chi connectivity index (χ0n) is 15.3. The minimum absolute atomic E-state index is 0.298. The summed E-state index contributed by atoms with van der Waals surface area (Å²) < 4.78 is 0. The molecular weight excluding hydrogens is 316 g/mol. The molecule has 0 aliphatic carbocycles. The van der Waals surface area contributed by atoms with Gasteiger partial charge in [-0.25, -0.2) is 4.98 Å². The third kappa shape index (κ3) is 5.04. The van der Waals surface area contributed by atoms with Gasteiger partial charge in [-0.1, -0.05) is 12.8 Å². The highest BCUT2D eigenvalue weighted by Gasteiger charge is 2.23. The molecular formula is C18H30N6O. The van der Waals surface area contributed by atoms with Crippen LogP contribution in [0, 0.1) is 0 Å². The lowest BCUT2D eigenvalue weighted by Gasteiger charge is -2.36. The second kappa shape index (κ2) is 8.99. The Morgan fingerprint density at radius 1 is 1.08 bits per heavy atom. The van der Waals surface area contributed by atoms with Crippen LogP contribution in [-0.4, -0.2) is 78.0 Å². The molecule has 1 N–H and O–H groups in total. The summed E-state index contributed by atoms with van der Waals surface area (Å²) in [5.74, 6) is 1.94. The van der Waals surface area contributed by atoms with Gasteiger partial charge in [0, 0.05) is 52.0 Å². The molecule has 2 saturated heterocycles. The average Bonchev–Trinajstić information content (AvgIpc) is 2.92. The number of rotatable bonds is 5. The number of nitrogens with zero attached hydrogens (tertiary/aromatic N) is 5. The topological polar surface area (TPSA) is 64.6 Å². The van der Waals surface area contributed by atoms with Crippen LogP contribution in [0.15, 0.2) is 12.3 Å². The van der Waals surface area contributed by atoms with Gasteiger partial charge in [-0.15, -0.1) is 0 Å². The molecule has 7 nitrogen and oxygen atoms in total. The first-order chi connectivity index (χ1) is 12.3. The minimum atomic E-state index is 0.298. The molecule has 1 aromatic rings. The molecule has 2 fully saturated rings. The maximum atomic E-state index is 12.5. The van der Waals surface area contributed by atoms with E-state index in [1.807, 2.05) is 13.0 Å². The van der Waals surface area contributed by atoms with Crippen LogP contribution in [0.2, 0.25) is 0 Å². The van der Waals surface area contributed by atoms with E-state index in [9.17, 15) is 4.79 Å². The van der Waals surface area contributed by atoms with Crippen molar-refractivity contribution in [1.29, 1.82) is 0 Å². The van der Waals surface area contributed by atoms with Crippen LogP contribution in [0.4, 0.5) is 11.8 Å². The van der Waals surface area contributed by atoms with E-state index in [4.69, 9.17) is 0 Å². The summed E-state index contributed by atoms with van der Waals surface area (Å²) in [5, 5.41) is 3.15. The van der Waals surface area contributed by atoms with Gasteiger partial charge in [-0.05, 0) is 25.8 Å². The van der Waals surface area contributed by atoms with Gasteiger partial charge in [0.2, 0.25) is 11.9 Å². The number of hydrogen-bond donors (Lipinski definition) is 1. The van der Waals surface area contributed by atoms with Crippen LogP contribution in [0.5, 0.6) is 0 Å². The maximum Gasteiger partial charge on any atom is 0.236 e. The lowest BCUT2D eigenvalue weighted by molar-refractivity contribution is -0.132. The number of likely N-dealkylation sites (tertiary alicyclic amines) is 1. The largest absolute Gasteiger partial charge is 0.354 e. The Labute approximate surface area is 150 Å². The summed E-state index contributed by atoms with van der Waals surface area (Å²) in [4.78, 5) is 27.9. The van der Waals surface area contributed by atoms with E-state index in [1.165, 1.54) is 12.8 Å². The van der Waals surface area contributed by atoms with Crippen LogP contribution < -0.4 is 10.2 Å². The fourth-order valence-electron chi connectivity index (χ4n) is 3.52. The quantitative estimate of drug-likeness (QED) is 0.870. The maximum absolute atomic E-state index is 12.5. The molecule has 0 spiro atoms. The van der Waals surface area contributed by atoms with Crippen LogP contribution in [-0.2, 0) is 4.79 Å². The highest BCUT2D eigenvalue weighted by molar-refractivity contribution is 5.78. The molecule has 1 aromatic heterocycles. The predicted molar refractivity (Wildman–Crippen MR) is 99.9 cm³/mol. The van der Waals surface area contributed by atoms with E-state index in [0.29, 0.717) is 18.4 Å². The number of aromatic nitrogens is 2. The van der Waals surface area contributed by atoms with Gasteiger partial charge in [0.25, 0.3) is 0 Å². The first kappa shape index (κ1) is 17.9. The van der Waals surface area contributed by atoms with Crippen LogP contribution >= 0.6 is 0 Å². The lowest BCUT2D eigenvalue weighted by atomic mass is 10.2. The number of nitrogens with one attached hydrogen (secondary N) is 1. The first-order valence-electron chi connectivity index (χ1n) is 9.58. The van der Waals surface area contributed by atoms with Gasteiger partial charge in [0.05, 0.1) is 6.54 Å². The van der Waals surface area contributed by atoms with Crippen molar-refractivity contribution in [3.8, 4) is 0 Å². The molecule has 0 radical (unpaired) electrons. The Morgan fingerprint density at radius 3 is 2.48 bits per heavy atom. The predicted octanol–water partition coefficient (Wildman–Crippen LogP) is 1.43. The summed E-state index contributed by atoms with van der Waals surface area (Å²) in [6.07, 6.45) is 6.63. The number of amides is 1. The van der Waals surface area contributed by atoms with Crippen molar-refractivity contribution < 1.29 is 4.79 Å². The van der Waals surface area contributed by atoms with Gasteiger partial charge < -0.3 is 15.1 Å². The summed E-state index contributed by atoms with van der Waals surface area (Å²) in [6.45, 7) is 8.89. The smallest absolute Gasteiger partial charge is 0.236 e. The molecule has 3 rings (SSSR count). The van der Waals surface area contributed by atoms with Gasteiger partial charge in [-0.3, -0.25) is 9.69 Å². The standard InChI is InChI=1S/C18H30N6O/c1-2-19-18-20-8-7-16(21-18)23-13-11-22(12-14-23)15-17(25)24-9-5-3-4-6-10-24/h7-8H,2-6,9-15H2,1H3,(H,19,20,21). The zero-order chi connectivity index (χ0) is 17.5. The second-order valence-electron chi connectivity index (χ2n) is 6.83. The van der Waals surface area contributed by atoms with E-state index < -0.39 is 0 Å². The third-order valence-electron chi connectivity index (χ3n) is 4.99. The molecule has 7 heteroatoms. The van der Waals surface area contributed by atoms with Crippen LogP contribution in [0.3, 0.4) is 0 Å². The van der Waals surface area contributed by atoms with Gasteiger partial charge in [-0.2, -0.15) is 4.98 Å². The third-order valence-corrected chi connectivity index (χ3v) is 4.99. The number of carbonyl (C=O) groups is 1. The molecule has 1 amide bonds. The minimum Gasteiger partial charge on any atom is -0.354 e. The zero-order valence-corrected chi connectivity index (χ0v) is 15.3. The van der Waals surface area contributed by atoms with E-state index in [-0.39, 0.29) is 0 Å². The Bertz CT molecular complexity index is 550. The van der Waals surface area contributed by atoms with Gasteiger partial charge >= 0.3 is 0 Å². The van der Waals surface area contributed by atoms with Gasteiger partial charge in [0.1, 0.15) is 5.82 Å². The van der Waals surface area contributed by atoms with E-state index in [1.54, 1.807) is 6.20 Å². The van der Waals surface area contributed by atoms with E-state index in [2.05, 4.69) is 30.0 Å². The van der Waals surface area contributed by atoms with Crippen molar-refractivity contribution >= 4 is 17.7 Å². The van der Waals surface area contributed by atoms with Crippen molar-refractivity contribution in [3.63, 3.8) is 0 Å². The second-order valence-corrected chi connectivity index (χ2v) is 6.83. The normalized spacial score (nSPS) is 19.6. The highest BCUT2D eigenvalue weighted by atomic mass is 16.2. The molecule has 2 aliphatic rings. The monoisotopic (exact) mass is 346 g/mol.